The highest BCUT2D eigenvalue weighted by molar-refractivity contribution is 7.20. The minimum atomic E-state index is -0.239. The quantitative estimate of drug-likeness (QED) is 0.338. The van der Waals surface area contributed by atoms with E-state index in [0.717, 1.165) is 65.6 Å². The second kappa shape index (κ2) is 11.9. The number of unbranched alkanes of at least 4 members (excludes halogenated alkanes) is 2. The van der Waals surface area contributed by atoms with Crippen LogP contribution in [0, 0.1) is 11.8 Å². The summed E-state index contributed by atoms with van der Waals surface area (Å²) in [6.45, 7) is 0. The van der Waals surface area contributed by atoms with Crippen molar-refractivity contribution in [2.45, 2.75) is 63.9 Å². The zero-order valence-electron chi connectivity index (χ0n) is 15.6. The van der Waals surface area contributed by atoms with Crippen molar-refractivity contribution in [2.24, 2.45) is 17.6 Å². The molecular formula is C21H29Cl2NO2S. The molecule has 1 fully saturated rings. The van der Waals surface area contributed by atoms with Crippen molar-refractivity contribution >= 4 is 40.4 Å². The van der Waals surface area contributed by atoms with Crippen molar-refractivity contribution in [3.05, 3.63) is 44.6 Å². The van der Waals surface area contributed by atoms with Crippen molar-refractivity contribution in [2.75, 3.05) is 0 Å². The lowest BCUT2D eigenvalue weighted by Gasteiger charge is -2.17. The molecule has 2 rings (SSSR count). The predicted octanol–water partition coefficient (Wildman–Crippen LogP) is 5.92. The molecule has 0 radical (unpaired) electrons. The second-order valence-corrected chi connectivity index (χ2v) is 9.50. The zero-order valence-corrected chi connectivity index (χ0v) is 17.9. The summed E-state index contributed by atoms with van der Waals surface area (Å²) in [4.78, 5) is 10.7. The molecule has 3 N–H and O–H groups in total. The minimum Gasteiger partial charge on any atom is -0.393 e. The van der Waals surface area contributed by atoms with Crippen molar-refractivity contribution in [1.29, 1.82) is 0 Å². The number of aryl methyl sites for hydroxylation is 1. The highest BCUT2D eigenvalue weighted by Gasteiger charge is 2.31. The van der Waals surface area contributed by atoms with Gasteiger partial charge in [0.2, 0.25) is 5.91 Å². The normalized spacial score (nSPS) is 23.0. The standard InChI is InChI=1S/C21H29Cl2NO2S/c22-19-14-16(21(23)27-19)9-5-3-6-10-17-15(12-13-18(17)25)8-4-1-2-7-11-20(24)26/h1,4,6,10,14-15,17-18,25H,2-3,5,7-9,11-13H2,(H2,24,26)/b4-1-,10-6+/t15-,17?,18+/m0/s1. The predicted molar refractivity (Wildman–Crippen MR) is 115 cm³/mol. The van der Waals surface area contributed by atoms with Crippen molar-refractivity contribution in [3.8, 4) is 0 Å². The first kappa shape index (κ1) is 22.5. The van der Waals surface area contributed by atoms with E-state index in [0.29, 0.717) is 12.3 Å². The molecule has 1 aliphatic carbocycles. The maximum absolute atomic E-state index is 10.7. The summed E-state index contributed by atoms with van der Waals surface area (Å²) < 4.78 is 1.53. The van der Waals surface area contributed by atoms with Crippen LogP contribution in [0.2, 0.25) is 8.67 Å². The Balaban J connectivity index is 1.70. The SMILES string of the molecule is NC(=O)CCC/C=C\C[C@H]1CC[C@@H](O)C1/C=C/CCCc1cc(Cl)sc1Cl. The number of hydrogen-bond donors (Lipinski definition) is 2. The summed E-state index contributed by atoms with van der Waals surface area (Å²) in [6.07, 6.45) is 16.5. The van der Waals surface area contributed by atoms with Gasteiger partial charge in [-0.2, -0.15) is 0 Å². The number of amides is 1. The van der Waals surface area contributed by atoms with Crippen LogP contribution in [-0.2, 0) is 11.2 Å². The zero-order chi connectivity index (χ0) is 19.6. The van der Waals surface area contributed by atoms with Crippen molar-refractivity contribution in [1.82, 2.24) is 0 Å². The van der Waals surface area contributed by atoms with Gasteiger partial charge in [-0.05, 0) is 68.9 Å². The number of aliphatic hydroxyl groups excluding tert-OH is 1. The topological polar surface area (TPSA) is 63.3 Å². The third kappa shape index (κ3) is 7.98. The second-order valence-electron chi connectivity index (χ2n) is 7.22. The number of carbonyl (C=O) groups is 1. The van der Waals surface area contributed by atoms with Gasteiger partial charge in [-0.15, -0.1) is 11.3 Å². The fraction of sp³-hybridized carbons (Fsp3) is 0.571. The number of primary amides is 1. The molecule has 0 bridgehead atoms. The van der Waals surface area contributed by atoms with Crippen LogP contribution in [0.4, 0.5) is 0 Å². The van der Waals surface area contributed by atoms with Crippen LogP contribution in [0.3, 0.4) is 0 Å². The first-order valence-corrected chi connectivity index (χ1v) is 11.3. The number of hydrogen-bond acceptors (Lipinski definition) is 3. The van der Waals surface area contributed by atoms with E-state index in [1.54, 1.807) is 0 Å². The van der Waals surface area contributed by atoms with Crippen molar-refractivity contribution in [3.63, 3.8) is 0 Å². The van der Waals surface area contributed by atoms with Gasteiger partial charge >= 0.3 is 0 Å². The van der Waals surface area contributed by atoms with Crippen LogP contribution in [0.25, 0.3) is 0 Å². The summed E-state index contributed by atoms with van der Waals surface area (Å²) in [5.41, 5.74) is 6.26. The van der Waals surface area contributed by atoms with Crippen LogP contribution < -0.4 is 5.73 Å². The van der Waals surface area contributed by atoms with E-state index < -0.39 is 0 Å². The molecule has 1 unspecified atom stereocenters. The number of aliphatic hydroxyl groups is 1. The molecule has 0 aromatic carbocycles. The van der Waals surface area contributed by atoms with Crippen LogP contribution in [0.1, 0.15) is 56.9 Å². The van der Waals surface area contributed by atoms with Gasteiger partial charge in [0.1, 0.15) is 0 Å². The van der Waals surface area contributed by atoms with Gasteiger partial charge in [0, 0.05) is 12.3 Å². The molecule has 1 aromatic heterocycles. The number of rotatable bonds is 11. The van der Waals surface area contributed by atoms with Gasteiger partial charge in [0.15, 0.2) is 0 Å². The molecule has 6 heteroatoms. The molecule has 150 valence electrons. The molecule has 1 amide bonds. The monoisotopic (exact) mass is 429 g/mol. The Bertz CT molecular complexity index is 657. The molecule has 1 aromatic rings. The average molecular weight is 430 g/mol. The lowest BCUT2D eigenvalue weighted by atomic mass is 9.91. The summed E-state index contributed by atoms with van der Waals surface area (Å²) >= 11 is 13.5. The first-order chi connectivity index (χ1) is 13.0. The molecule has 3 nitrogen and oxygen atoms in total. The Morgan fingerprint density at radius 2 is 2.00 bits per heavy atom. The van der Waals surface area contributed by atoms with Gasteiger partial charge in [0.25, 0.3) is 0 Å². The Morgan fingerprint density at radius 3 is 2.70 bits per heavy atom. The summed E-state index contributed by atoms with van der Waals surface area (Å²) in [5, 5.41) is 10.3. The Hall–Kier alpha value is -0.810. The van der Waals surface area contributed by atoms with Gasteiger partial charge in [-0.1, -0.05) is 47.5 Å². The molecule has 1 saturated carbocycles. The lowest BCUT2D eigenvalue weighted by molar-refractivity contribution is -0.118. The van der Waals surface area contributed by atoms with Crippen LogP contribution >= 0.6 is 34.5 Å². The third-order valence-corrected chi connectivity index (χ3v) is 6.69. The number of carbonyl (C=O) groups excluding carboxylic acids is 1. The molecule has 0 aliphatic heterocycles. The van der Waals surface area contributed by atoms with Gasteiger partial charge < -0.3 is 10.8 Å². The Labute approximate surface area is 176 Å². The van der Waals surface area contributed by atoms with E-state index in [2.05, 4.69) is 24.3 Å². The van der Waals surface area contributed by atoms with Crippen LogP contribution in [0.5, 0.6) is 0 Å². The maximum Gasteiger partial charge on any atom is 0.217 e. The third-order valence-electron chi connectivity index (χ3n) is 5.12. The van der Waals surface area contributed by atoms with E-state index in [-0.39, 0.29) is 17.9 Å². The molecule has 27 heavy (non-hydrogen) atoms. The number of thiophene rings is 1. The van der Waals surface area contributed by atoms with E-state index >= 15 is 0 Å². The average Bonchev–Trinajstić information content (AvgIpc) is 3.12. The minimum absolute atomic E-state index is 0.236. The fourth-order valence-corrected chi connectivity index (χ4v) is 5.18. The van der Waals surface area contributed by atoms with E-state index in [9.17, 15) is 9.90 Å². The lowest BCUT2D eigenvalue weighted by Crippen LogP contribution is -2.16. The molecular weight excluding hydrogens is 401 g/mol. The molecule has 0 saturated heterocycles. The highest BCUT2D eigenvalue weighted by atomic mass is 35.5. The van der Waals surface area contributed by atoms with E-state index in [1.165, 1.54) is 11.3 Å². The summed E-state index contributed by atoms with van der Waals surface area (Å²) in [7, 11) is 0. The van der Waals surface area contributed by atoms with Crippen molar-refractivity contribution < 1.29 is 9.90 Å². The number of halogens is 2. The highest BCUT2D eigenvalue weighted by Crippen LogP contribution is 2.36. The van der Waals surface area contributed by atoms with E-state index in [4.69, 9.17) is 28.9 Å². The van der Waals surface area contributed by atoms with E-state index in [1.807, 2.05) is 6.07 Å². The van der Waals surface area contributed by atoms with Crippen LogP contribution in [0.15, 0.2) is 30.4 Å². The first-order valence-electron chi connectivity index (χ1n) is 9.69. The number of allylic oxidation sites excluding steroid dienone is 3. The largest absolute Gasteiger partial charge is 0.393 e. The number of nitrogens with two attached hydrogens (primary N) is 1. The summed E-state index contributed by atoms with van der Waals surface area (Å²) in [6, 6.07) is 1.95. The van der Waals surface area contributed by atoms with Gasteiger partial charge in [-0.3, -0.25) is 4.79 Å². The van der Waals surface area contributed by atoms with Gasteiger partial charge in [0.05, 0.1) is 14.8 Å². The van der Waals surface area contributed by atoms with Crippen LogP contribution in [-0.4, -0.2) is 17.1 Å². The molecule has 0 spiro atoms. The Kier molecular flexibility index (Phi) is 9.91. The molecule has 1 aliphatic rings. The Morgan fingerprint density at radius 1 is 1.22 bits per heavy atom. The molecule has 1 heterocycles. The fourth-order valence-electron chi connectivity index (χ4n) is 3.64. The summed E-state index contributed by atoms with van der Waals surface area (Å²) in [5.74, 6) is 0.491. The van der Waals surface area contributed by atoms with Gasteiger partial charge in [-0.25, -0.2) is 0 Å². The molecule has 3 atom stereocenters. The maximum atomic E-state index is 10.7. The smallest absolute Gasteiger partial charge is 0.217 e.